The van der Waals surface area contributed by atoms with E-state index in [1.807, 2.05) is 0 Å². The van der Waals surface area contributed by atoms with Gasteiger partial charge in [-0.25, -0.2) is 0 Å². The summed E-state index contributed by atoms with van der Waals surface area (Å²) in [5.41, 5.74) is 0. The Bertz CT molecular complexity index is 151. The molecular formula is C3H6N3O3P. The average molecular weight is 163 g/mol. The van der Waals surface area contributed by atoms with Crippen molar-refractivity contribution >= 4 is 8.25 Å². The van der Waals surface area contributed by atoms with Gasteiger partial charge in [-0.05, 0) is 11.3 Å². The molecule has 0 fully saturated rings. The van der Waals surface area contributed by atoms with Crippen LogP contribution in [0.3, 0.4) is 0 Å². The molecule has 0 aromatic carbocycles. The molecule has 7 heteroatoms. The molecule has 1 aromatic rings. The van der Waals surface area contributed by atoms with Gasteiger partial charge < -0.3 is 9.79 Å². The molecule has 0 aliphatic carbocycles. The van der Waals surface area contributed by atoms with Gasteiger partial charge in [-0.15, -0.1) is 10.2 Å². The van der Waals surface area contributed by atoms with Crippen LogP contribution < -0.4 is 0 Å². The van der Waals surface area contributed by atoms with E-state index in [0.29, 0.717) is 0 Å². The summed E-state index contributed by atoms with van der Waals surface area (Å²) in [6.45, 7) is 0. The third-order valence-electron chi connectivity index (χ3n) is 0.409. The normalized spacial score (nSPS) is 8.30. The lowest BCUT2D eigenvalue weighted by molar-refractivity contribution is 0.405. The standard InChI is InChI=1S/C3H3N3.H3O3P/c1-2-4-6-5-3-1;1-4(2)3/h1-3H;4H,(H2,1,2,3). The Hall–Kier alpha value is -0.840. The summed E-state index contributed by atoms with van der Waals surface area (Å²) in [4.78, 5) is 14.3. The van der Waals surface area contributed by atoms with Gasteiger partial charge in [0, 0.05) is 0 Å². The molecule has 0 atom stereocenters. The van der Waals surface area contributed by atoms with Crippen LogP contribution in [0.25, 0.3) is 0 Å². The van der Waals surface area contributed by atoms with Gasteiger partial charge in [-0.3, -0.25) is 4.57 Å². The fourth-order valence-corrected chi connectivity index (χ4v) is 0.205. The highest BCUT2D eigenvalue weighted by atomic mass is 31.1. The highest BCUT2D eigenvalue weighted by Crippen LogP contribution is 1.98. The molecule has 2 N–H and O–H groups in total. The van der Waals surface area contributed by atoms with Gasteiger partial charge in [0.2, 0.25) is 0 Å². The zero-order valence-electron chi connectivity index (χ0n) is 4.88. The Balaban J connectivity index is 0.000000180. The number of hydrogen-bond acceptors (Lipinski definition) is 4. The summed E-state index contributed by atoms with van der Waals surface area (Å²) >= 11 is 0. The molecule has 0 saturated carbocycles. The monoisotopic (exact) mass is 163 g/mol. The maximum absolute atomic E-state index is 8.74. The van der Waals surface area contributed by atoms with Crippen LogP contribution in [-0.4, -0.2) is 25.2 Å². The fourth-order valence-electron chi connectivity index (χ4n) is 0.205. The van der Waals surface area contributed by atoms with Crippen LogP contribution in [0.2, 0.25) is 0 Å². The molecule has 0 amide bonds. The second-order valence-electron chi connectivity index (χ2n) is 1.09. The first-order chi connectivity index (χ1) is 4.73. The predicted octanol–water partition coefficient (Wildman–Crippen LogP) is -0.768. The van der Waals surface area contributed by atoms with Crippen molar-refractivity contribution in [2.75, 3.05) is 0 Å². The summed E-state index contributed by atoms with van der Waals surface area (Å²) in [6.07, 6.45) is 3.15. The van der Waals surface area contributed by atoms with E-state index in [4.69, 9.17) is 14.4 Å². The van der Waals surface area contributed by atoms with E-state index in [0.717, 1.165) is 0 Å². The van der Waals surface area contributed by atoms with Gasteiger partial charge in [0.25, 0.3) is 0 Å². The Kier molecular flexibility index (Phi) is 5.75. The van der Waals surface area contributed by atoms with Crippen molar-refractivity contribution in [2.45, 2.75) is 0 Å². The van der Waals surface area contributed by atoms with E-state index in [9.17, 15) is 0 Å². The van der Waals surface area contributed by atoms with Gasteiger partial charge in [0.1, 0.15) is 0 Å². The van der Waals surface area contributed by atoms with Crippen molar-refractivity contribution in [3.63, 3.8) is 0 Å². The van der Waals surface area contributed by atoms with Gasteiger partial charge in [0.15, 0.2) is 0 Å². The van der Waals surface area contributed by atoms with Crippen LogP contribution in [0.1, 0.15) is 0 Å². The van der Waals surface area contributed by atoms with Crippen molar-refractivity contribution in [2.24, 2.45) is 0 Å². The van der Waals surface area contributed by atoms with Crippen molar-refractivity contribution in [3.05, 3.63) is 18.5 Å². The van der Waals surface area contributed by atoms with Crippen LogP contribution in [0, 0.1) is 0 Å². The minimum Gasteiger partial charge on any atom is -0.326 e. The van der Waals surface area contributed by atoms with E-state index in [1.54, 1.807) is 18.5 Å². The van der Waals surface area contributed by atoms with Gasteiger partial charge in [0.05, 0.1) is 12.4 Å². The van der Waals surface area contributed by atoms with E-state index < -0.39 is 8.25 Å². The first-order valence-corrected chi connectivity index (χ1v) is 3.54. The molecule has 0 radical (unpaired) electrons. The lowest BCUT2D eigenvalue weighted by Gasteiger charge is -1.68. The molecule has 0 bridgehead atoms. The zero-order valence-corrected chi connectivity index (χ0v) is 5.88. The maximum Gasteiger partial charge on any atom is 0.314 e. The summed E-state index contributed by atoms with van der Waals surface area (Å²) in [7, 11) is -3.13. The predicted molar refractivity (Wildman–Crippen MR) is 33.3 cm³/mol. The first-order valence-electron chi connectivity index (χ1n) is 2.23. The minimum absolute atomic E-state index is 1.58. The third-order valence-corrected chi connectivity index (χ3v) is 0.409. The van der Waals surface area contributed by atoms with Crippen molar-refractivity contribution < 1.29 is 14.4 Å². The molecule has 0 aliphatic heterocycles. The van der Waals surface area contributed by atoms with Crippen LogP contribution >= 0.6 is 8.25 Å². The molecule has 56 valence electrons. The van der Waals surface area contributed by atoms with E-state index in [-0.39, 0.29) is 0 Å². The average Bonchev–Trinajstić information content (AvgIpc) is 1.90. The summed E-state index contributed by atoms with van der Waals surface area (Å²) < 4.78 is 8.74. The molecule has 1 aromatic heterocycles. The summed E-state index contributed by atoms with van der Waals surface area (Å²) in [5, 5.41) is 10.1. The Labute approximate surface area is 57.5 Å². The molecule has 0 aliphatic rings. The highest BCUT2D eigenvalue weighted by molar-refractivity contribution is 7.30. The number of nitrogens with zero attached hydrogens (tertiary/aromatic N) is 3. The third kappa shape index (κ3) is 10.2. The molecule has 1 rings (SSSR count). The quantitative estimate of drug-likeness (QED) is 0.487. The fraction of sp³-hybridized carbons (Fsp3) is 0. The summed E-state index contributed by atoms with van der Waals surface area (Å²) in [5.74, 6) is 0. The number of aromatic nitrogens is 3. The van der Waals surface area contributed by atoms with Gasteiger partial charge in [-0.2, -0.15) is 0 Å². The van der Waals surface area contributed by atoms with Crippen LogP contribution in [0.4, 0.5) is 0 Å². The molecule has 0 spiro atoms. The van der Waals surface area contributed by atoms with Crippen molar-refractivity contribution in [3.8, 4) is 0 Å². The van der Waals surface area contributed by atoms with Gasteiger partial charge in [-0.1, -0.05) is 0 Å². The second kappa shape index (κ2) is 6.28. The smallest absolute Gasteiger partial charge is 0.314 e. The van der Waals surface area contributed by atoms with Crippen LogP contribution in [0.15, 0.2) is 18.5 Å². The van der Waals surface area contributed by atoms with E-state index >= 15 is 0 Å². The second-order valence-corrected chi connectivity index (χ2v) is 1.66. The van der Waals surface area contributed by atoms with E-state index in [1.165, 1.54) is 0 Å². The van der Waals surface area contributed by atoms with Crippen molar-refractivity contribution in [1.82, 2.24) is 15.4 Å². The highest BCUT2D eigenvalue weighted by Gasteiger charge is 1.61. The largest absolute Gasteiger partial charge is 0.326 e. The maximum atomic E-state index is 8.74. The molecule has 6 nitrogen and oxygen atoms in total. The Morgan fingerprint density at radius 1 is 1.20 bits per heavy atom. The lowest BCUT2D eigenvalue weighted by Crippen LogP contribution is -1.78. The molecule has 10 heavy (non-hydrogen) atoms. The lowest BCUT2D eigenvalue weighted by atomic mass is 10.7. The SMILES string of the molecule is O=[PH](O)O.c1cnnnc1. The van der Waals surface area contributed by atoms with Crippen LogP contribution in [0.5, 0.6) is 0 Å². The number of rotatable bonds is 0. The Morgan fingerprint density at radius 3 is 1.70 bits per heavy atom. The van der Waals surface area contributed by atoms with Crippen LogP contribution in [-0.2, 0) is 4.57 Å². The summed E-state index contributed by atoms with van der Waals surface area (Å²) in [6, 6.07) is 1.72. The molecular weight excluding hydrogens is 157 g/mol. The first kappa shape index (κ1) is 9.16. The van der Waals surface area contributed by atoms with E-state index in [2.05, 4.69) is 15.4 Å². The topological polar surface area (TPSA) is 96.2 Å². The molecule has 0 unspecified atom stereocenters. The van der Waals surface area contributed by atoms with Gasteiger partial charge >= 0.3 is 8.25 Å². The van der Waals surface area contributed by atoms with Crippen molar-refractivity contribution in [1.29, 1.82) is 0 Å². The number of hydrogen-bond donors (Lipinski definition) is 2. The zero-order chi connectivity index (χ0) is 7.82. The minimum atomic E-state index is -3.13. The molecule has 1 heterocycles. The molecule has 0 saturated heterocycles. The Morgan fingerprint density at radius 2 is 1.60 bits per heavy atom.